The van der Waals surface area contributed by atoms with E-state index in [0.29, 0.717) is 5.56 Å². The van der Waals surface area contributed by atoms with Crippen molar-refractivity contribution >= 4 is 10.0 Å². The molecule has 0 heterocycles. The SMILES string of the molecule is NS(=O)(=O)CCNCc1cccc(F)c1O. The van der Waals surface area contributed by atoms with Crippen LogP contribution in [-0.4, -0.2) is 25.8 Å². The van der Waals surface area contributed by atoms with E-state index in [9.17, 15) is 17.9 Å². The Labute approximate surface area is 93.1 Å². The highest BCUT2D eigenvalue weighted by Gasteiger charge is 2.06. The second-order valence-electron chi connectivity index (χ2n) is 3.29. The van der Waals surface area contributed by atoms with Crippen LogP contribution < -0.4 is 10.5 Å². The maximum Gasteiger partial charge on any atom is 0.210 e. The first-order valence-corrected chi connectivity index (χ1v) is 6.29. The van der Waals surface area contributed by atoms with Crippen LogP contribution >= 0.6 is 0 Å². The van der Waals surface area contributed by atoms with Gasteiger partial charge in [-0.05, 0) is 6.07 Å². The minimum atomic E-state index is -3.50. The van der Waals surface area contributed by atoms with E-state index in [1.807, 2.05) is 0 Å². The van der Waals surface area contributed by atoms with E-state index in [-0.39, 0.29) is 18.8 Å². The highest BCUT2D eigenvalue weighted by molar-refractivity contribution is 7.89. The van der Waals surface area contributed by atoms with Crippen molar-refractivity contribution in [2.24, 2.45) is 5.14 Å². The molecular formula is C9H13FN2O3S. The Balaban J connectivity index is 2.47. The van der Waals surface area contributed by atoms with Crippen LogP contribution in [0.25, 0.3) is 0 Å². The molecule has 1 aromatic carbocycles. The lowest BCUT2D eigenvalue weighted by molar-refractivity contribution is 0.423. The van der Waals surface area contributed by atoms with Crippen LogP contribution in [0.5, 0.6) is 5.75 Å². The maximum absolute atomic E-state index is 12.9. The van der Waals surface area contributed by atoms with Crippen molar-refractivity contribution in [1.82, 2.24) is 5.32 Å². The summed E-state index contributed by atoms with van der Waals surface area (Å²) in [4.78, 5) is 0. The molecule has 0 radical (unpaired) electrons. The fourth-order valence-electron chi connectivity index (χ4n) is 1.14. The Hall–Kier alpha value is -1.18. The van der Waals surface area contributed by atoms with E-state index in [1.165, 1.54) is 6.07 Å². The maximum atomic E-state index is 12.9. The monoisotopic (exact) mass is 248 g/mol. The molecule has 0 unspecified atom stereocenters. The van der Waals surface area contributed by atoms with E-state index in [4.69, 9.17) is 5.14 Å². The van der Waals surface area contributed by atoms with Crippen molar-refractivity contribution in [1.29, 1.82) is 0 Å². The van der Waals surface area contributed by atoms with Gasteiger partial charge in [0.25, 0.3) is 0 Å². The van der Waals surface area contributed by atoms with Crippen LogP contribution in [0.2, 0.25) is 0 Å². The number of phenolic OH excluding ortho intramolecular Hbond substituents is 1. The van der Waals surface area contributed by atoms with Gasteiger partial charge >= 0.3 is 0 Å². The smallest absolute Gasteiger partial charge is 0.210 e. The summed E-state index contributed by atoms with van der Waals surface area (Å²) in [6.07, 6.45) is 0. The molecule has 0 aliphatic carbocycles. The first kappa shape index (κ1) is 12.9. The first-order valence-electron chi connectivity index (χ1n) is 4.57. The molecule has 0 aliphatic heterocycles. The number of nitrogens with one attached hydrogen (secondary N) is 1. The zero-order valence-corrected chi connectivity index (χ0v) is 9.30. The topological polar surface area (TPSA) is 92.4 Å². The van der Waals surface area contributed by atoms with Crippen LogP contribution in [0.4, 0.5) is 4.39 Å². The number of aromatic hydroxyl groups is 1. The second kappa shape index (κ2) is 5.24. The van der Waals surface area contributed by atoms with Gasteiger partial charge in [0.15, 0.2) is 11.6 Å². The Kier molecular flexibility index (Phi) is 4.22. The van der Waals surface area contributed by atoms with Gasteiger partial charge < -0.3 is 10.4 Å². The number of halogens is 1. The lowest BCUT2D eigenvalue weighted by atomic mass is 10.2. The van der Waals surface area contributed by atoms with Crippen molar-refractivity contribution in [3.8, 4) is 5.75 Å². The summed E-state index contributed by atoms with van der Waals surface area (Å²) >= 11 is 0. The third-order valence-electron chi connectivity index (χ3n) is 1.95. The van der Waals surface area contributed by atoms with Gasteiger partial charge in [0, 0.05) is 18.7 Å². The summed E-state index contributed by atoms with van der Waals surface area (Å²) in [6.45, 7) is 0.327. The Bertz CT molecular complexity index is 462. The lowest BCUT2D eigenvalue weighted by Gasteiger charge is -2.06. The van der Waals surface area contributed by atoms with Gasteiger partial charge in [-0.1, -0.05) is 12.1 Å². The van der Waals surface area contributed by atoms with E-state index in [0.717, 1.165) is 6.07 Å². The summed E-state index contributed by atoms with van der Waals surface area (Å²) in [6, 6.07) is 4.15. The molecule has 1 aromatic rings. The number of nitrogens with two attached hydrogens (primary N) is 1. The predicted octanol–water partition coefficient (Wildman–Crippen LogP) is -0.0906. The molecule has 0 spiro atoms. The molecule has 5 nitrogen and oxygen atoms in total. The molecule has 16 heavy (non-hydrogen) atoms. The molecule has 4 N–H and O–H groups in total. The van der Waals surface area contributed by atoms with Gasteiger partial charge in [0.1, 0.15) is 0 Å². The molecule has 0 saturated heterocycles. The average molecular weight is 248 g/mol. The zero-order valence-electron chi connectivity index (χ0n) is 8.48. The van der Waals surface area contributed by atoms with Crippen molar-refractivity contribution in [2.75, 3.05) is 12.3 Å². The fourth-order valence-corrected chi connectivity index (χ4v) is 1.57. The van der Waals surface area contributed by atoms with Gasteiger partial charge in [-0.15, -0.1) is 0 Å². The Morgan fingerprint density at radius 1 is 1.44 bits per heavy atom. The summed E-state index contributed by atoms with van der Waals surface area (Å²) in [7, 11) is -3.50. The molecule has 0 saturated carbocycles. The average Bonchev–Trinajstić information content (AvgIpc) is 2.17. The highest BCUT2D eigenvalue weighted by atomic mass is 32.2. The Morgan fingerprint density at radius 3 is 2.75 bits per heavy atom. The molecular weight excluding hydrogens is 235 g/mol. The van der Waals surface area contributed by atoms with E-state index >= 15 is 0 Å². The molecule has 0 fully saturated rings. The number of sulfonamides is 1. The third kappa shape index (κ3) is 4.13. The van der Waals surface area contributed by atoms with Crippen molar-refractivity contribution in [3.63, 3.8) is 0 Å². The molecule has 0 atom stereocenters. The van der Waals surface area contributed by atoms with Crippen LogP contribution in [0, 0.1) is 5.82 Å². The van der Waals surface area contributed by atoms with Gasteiger partial charge in [0.05, 0.1) is 5.75 Å². The minimum Gasteiger partial charge on any atom is -0.505 e. The first-order chi connectivity index (χ1) is 7.40. The quantitative estimate of drug-likeness (QED) is 0.635. The van der Waals surface area contributed by atoms with Crippen molar-refractivity contribution in [2.45, 2.75) is 6.54 Å². The van der Waals surface area contributed by atoms with Crippen LogP contribution in [0.1, 0.15) is 5.56 Å². The molecule has 0 amide bonds. The number of hydrogen-bond acceptors (Lipinski definition) is 4. The van der Waals surface area contributed by atoms with Crippen LogP contribution in [-0.2, 0) is 16.6 Å². The number of phenols is 1. The largest absolute Gasteiger partial charge is 0.505 e. The third-order valence-corrected chi connectivity index (χ3v) is 2.72. The van der Waals surface area contributed by atoms with E-state index < -0.39 is 21.6 Å². The fraction of sp³-hybridized carbons (Fsp3) is 0.333. The lowest BCUT2D eigenvalue weighted by Crippen LogP contribution is -2.26. The summed E-state index contributed by atoms with van der Waals surface area (Å²) in [5.74, 6) is -1.33. The van der Waals surface area contributed by atoms with Crippen molar-refractivity contribution < 1.29 is 17.9 Å². The van der Waals surface area contributed by atoms with Crippen molar-refractivity contribution in [3.05, 3.63) is 29.6 Å². The molecule has 0 bridgehead atoms. The summed E-state index contributed by atoms with van der Waals surface area (Å²) < 4.78 is 34.1. The number of benzene rings is 1. The summed E-state index contributed by atoms with van der Waals surface area (Å²) in [5.41, 5.74) is 0.370. The van der Waals surface area contributed by atoms with E-state index in [2.05, 4.69) is 5.32 Å². The number of para-hydroxylation sites is 1. The van der Waals surface area contributed by atoms with Gasteiger partial charge in [0.2, 0.25) is 10.0 Å². The van der Waals surface area contributed by atoms with Crippen LogP contribution in [0.15, 0.2) is 18.2 Å². The molecule has 0 aromatic heterocycles. The second-order valence-corrected chi connectivity index (χ2v) is 5.03. The number of primary sulfonamides is 1. The normalized spacial score (nSPS) is 11.6. The van der Waals surface area contributed by atoms with Crippen LogP contribution in [0.3, 0.4) is 0 Å². The number of rotatable bonds is 5. The highest BCUT2D eigenvalue weighted by Crippen LogP contribution is 2.19. The summed E-state index contributed by atoms with van der Waals surface area (Å²) in [5, 5.41) is 16.8. The molecule has 7 heteroatoms. The van der Waals surface area contributed by atoms with E-state index in [1.54, 1.807) is 6.07 Å². The van der Waals surface area contributed by atoms with Gasteiger partial charge in [-0.25, -0.2) is 17.9 Å². The standard InChI is InChI=1S/C9H13FN2O3S/c10-8-3-1-2-7(9(8)13)6-12-4-5-16(11,14)15/h1-3,12-13H,4-6H2,(H2,11,14,15). The van der Waals surface area contributed by atoms with Gasteiger partial charge in [-0.2, -0.15) is 0 Å². The molecule has 90 valence electrons. The molecule has 0 aliphatic rings. The minimum absolute atomic E-state index is 0.148. The Morgan fingerprint density at radius 2 is 2.12 bits per heavy atom. The zero-order chi connectivity index (χ0) is 12.2. The number of hydrogen-bond donors (Lipinski definition) is 3. The molecule has 1 rings (SSSR count). The van der Waals surface area contributed by atoms with Gasteiger partial charge in [-0.3, -0.25) is 0 Å². The predicted molar refractivity (Wildman–Crippen MR) is 57.7 cm³/mol.